The summed E-state index contributed by atoms with van der Waals surface area (Å²) in [5, 5.41) is 0. The molecular weight excluding hydrogens is 236 g/mol. The summed E-state index contributed by atoms with van der Waals surface area (Å²) in [6.45, 7) is 2.12. The van der Waals surface area contributed by atoms with Crippen molar-refractivity contribution in [2.75, 3.05) is 0 Å². The summed E-state index contributed by atoms with van der Waals surface area (Å²) in [7, 11) is 0. The van der Waals surface area contributed by atoms with Crippen LogP contribution in [0.25, 0.3) is 11.3 Å². The Kier molecular flexibility index (Phi) is 3.20. The Morgan fingerprint density at radius 2 is 2.21 bits per heavy atom. The van der Waals surface area contributed by atoms with Gasteiger partial charge in [0.25, 0.3) is 0 Å². The van der Waals surface area contributed by atoms with E-state index < -0.39 is 0 Å². The summed E-state index contributed by atoms with van der Waals surface area (Å²) >= 11 is 0. The number of carbonyl (C=O) groups is 1. The number of carbonyl (C=O) groups excluding carboxylic acids is 1. The van der Waals surface area contributed by atoms with Crippen molar-refractivity contribution in [1.29, 1.82) is 0 Å². The molecule has 3 nitrogen and oxygen atoms in total. The van der Waals surface area contributed by atoms with Crippen LogP contribution in [0.1, 0.15) is 44.2 Å². The zero-order valence-electron chi connectivity index (χ0n) is 11.2. The van der Waals surface area contributed by atoms with Crippen molar-refractivity contribution in [3.8, 4) is 11.3 Å². The Balaban J connectivity index is 1.88. The van der Waals surface area contributed by atoms with Gasteiger partial charge in [-0.1, -0.05) is 37.6 Å². The molecule has 1 aromatic carbocycles. The molecule has 0 saturated heterocycles. The fraction of sp³-hybridized carbons (Fsp3) is 0.375. The van der Waals surface area contributed by atoms with Gasteiger partial charge in [-0.25, -0.2) is 4.98 Å². The number of nitrogens with zero attached hydrogens (tertiary/aromatic N) is 2. The monoisotopic (exact) mass is 254 g/mol. The molecule has 2 aromatic rings. The fourth-order valence-corrected chi connectivity index (χ4v) is 2.83. The molecule has 1 aliphatic heterocycles. The van der Waals surface area contributed by atoms with Gasteiger partial charge in [0.2, 0.25) is 0 Å². The van der Waals surface area contributed by atoms with Crippen LogP contribution in [0.5, 0.6) is 0 Å². The average Bonchev–Trinajstić information content (AvgIpc) is 3.00. The van der Waals surface area contributed by atoms with Crippen LogP contribution >= 0.6 is 0 Å². The molecule has 0 aliphatic carbocycles. The standard InChI is InChI=1S/C16H18N2O/c1-2-3-6-12(19)9-15-13-7-4-5-8-14(13)16-10-17-11-18(15)16/h4-5,7-8,10-11,15H,2-3,6,9H2,1H3. The zero-order chi connectivity index (χ0) is 13.2. The third-order valence-corrected chi connectivity index (χ3v) is 3.83. The second-order valence-corrected chi connectivity index (χ2v) is 5.14. The number of hydrogen-bond acceptors (Lipinski definition) is 2. The second-order valence-electron chi connectivity index (χ2n) is 5.14. The number of hydrogen-bond donors (Lipinski definition) is 0. The smallest absolute Gasteiger partial charge is 0.135 e. The van der Waals surface area contributed by atoms with Crippen molar-refractivity contribution >= 4 is 5.78 Å². The lowest BCUT2D eigenvalue weighted by Crippen LogP contribution is -2.11. The minimum Gasteiger partial charge on any atom is -0.323 e. The van der Waals surface area contributed by atoms with Gasteiger partial charge in [0.1, 0.15) is 5.78 Å². The molecule has 0 fully saturated rings. The number of rotatable bonds is 5. The largest absolute Gasteiger partial charge is 0.323 e. The summed E-state index contributed by atoms with van der Waals surface area (Å²) in [6, 6.07) is 8.46. The van der Waals surface area contributed by atoms with Gasteiger partial charge in [0.05, 0.1) is 24.3 Å². The van der Waals surface area contributed by atoms with E-state index in [4.69, 9.17) is 0 Å². The molecule has 0 saturated carbocycles. The molecule has 0 spiro atoms. The van der Waals surface area contributed by atoms with Crippen LogP contribution in [-0.2, 0) is 4.79 Å². The number of ketones is 1. The molecule has 1 unspecified atom stereocenters. The first-order chi connectivity index (χ1) is 9.31. The first-order valence-electron chi connectivity index (χ1n) is 6.94. The first kappa shape index (κ1) is 12.2. The summed E-state index contributed by atoms with van der Waals surface area (Å²) < 4.78 is 2.13. The molecule has 0 radical (unpaired) electrons. The maximum absolute atomic E-state index is 12.1. The summed E-state index contributed by atoms with van der Waals surface area (Å²) in [6.07, 6.45) is 7.06. The number of Topliss-reactive ketones (excluding diaryl/α,β-unsaturated/α-hetero) is 1. The predicted molar refractivity (Wildman–Crippen MR) is 75.0 cm³/mol. The fourth-order valence-electron chi connectivity index (χ4n) is 2.83. The summed E-state index contributed by atoms with van der Waals surface area (Å²) in [5.74, 6) is 0.350. The number of unbranched alkanes of at least 4 members (excludes halogenated alkanes) is 1. The van der Waals surface area contributed by atoms with E-state index >= 15 is 0 Å². The van der Waals surface area contributed by atoms with E-state index in [2.05, 4.69) is 28.6 Å². The van der Waals surface area contributed by atoms with Gasteiger partial charge in [-0.05, 0) is 12.0 Å². The molecule has 19 heavy (non-hydrogen) atoms. The molecule has 0 amide bonds. The Bertz CT molecular complexity index is 600. The highest BCUT2D eigenvalue weighted by molar-refractivity contribution is 5.81. The first-order valence-corrected chi connectivity index (χ1v) is 6.94. The van der Waals surface area contributed by atoms with E-state index in [1.165, 1.54) is 11.1 Å². The van der Waals surface area contributed by atoms with Crippen molar-refractivity contribution in [3.05, 3.63) is 42.4 Å². The van der Waals surface area contributed by atoms with E-state index in [0.717, 1.165) is 18.5 Å². The number of fused-ring (bicyclic) bond motifs is 3. The molecular formula is C16H18N2O. The molecule has 1 atom stereocenters. The minimum absolute atomic E-state index is 0.137. The van der Waals surface area contributed by atoms with Gasteiger partial charge in [-0.2, -0.15) is 0 Å². The third kappa shape index (κ3) is 2.09. The van der Waals surface area contributed by atoms with Crippen molar-refractivity contribution in [3.63, 3.8) is 0 Å². The van der Waals surface area contributed by atoms with Crippen LogP contribution in [0.3, 0.4) is 0 Å². The Labute approximate surface area is 113 Å². The lowest BCUT2D eigenvalue weighted by atomic mass is 9.98. The number of benzene rings is 1. The summed E-state index contributed by atoms with van der Waals surface area (Å²) in [4.78, 5) is 16.3. The van der Waals surface area contributed by atoms with Gasteiger partial charge in [-0.3, -0.25) is 4.79 Å². The predicted octanol–water partition coefficient (Wildman–Crippen LogP) is 3.60. The van der Waals surface area contributed by atoms with Crippen LogP contribution in [-0.4, -0.2) is 15.3 Å². The molecule has 1 aliphatic rings. The molecule has 0 bridgehead atoms. The molecule has 0 N–H and O–H groups in total. The molecule has 98 valence electrons. The summed E-state index contributed by atoms with van der Waals surface area (Å²) in [5.41, 5.74) is 3.60. The van der Waals surface area contributed by atoms with Crippen LogP contribution in [0.2, 0.25) is 0 Å². The van der Waals surface area contributed by atoms with Crippen molar-refractivity contribution in [2.45, 2.75) is 38.6 Å². The maximum Gasteiger partial charge on any atom is 0.135 e. The molecule has 3 heteroatoms. The van der Waals surface area contributed by atoms with Gasteiger partial charge >= 0.3 is 0 Å². The topological polar surface area (TPSA) is 34.9 Å². The van der Waals surface area contributed by atoms with E-state index in [1.54, 1.807) is 0 Å². The normalized spacial score (nSPS) is 16.2. The van der Waals surface area contributed by atoms with Crippen molar-refractivity contribution in [1.82, 2.24) is 9.55 Å². The molecule has 2 heterocycles. The second kappa shape index (κ2) is 5.00. The minimum atomic E-state index is 0.137. The van der Waals surface area contributed by atoms with Crippen LogP contribution in [0.15, 0.2) is 36.8 Å². The van der Waals surface area contributed by atoms with E-state index in [1.807, 2.05) is 24.7 Å². The van der Waals surface area contributed by atoms with E-state index in [9.17, 15) is 4.79 Å². The highest BCUT2D eigenvalue weighted by Crippen LogP contribution is 2.40. The van der Waals surface area contributed by atoms with Gasteiger partial charge in [0, 0.05) is 18.4 Å². The zero-order valence-corrected chi connectivity index (χ0v) is 11.2. The van der Waals surface area contributed by atoms with Crippen LogP contribution < -0.4 is 0 Å². The highest BCUT2D eigenvalue weighted by Gasteiger charge is 2.29. The number of aromatic nitrogens is 2. The number of imidazole rings is 1. The SMILES string of the molecule is CCCCC(=O)CC1c2ccccc2-c2cncn21. The van der Waals surface area contributed by atoms with Crippen molar-refractivity contribution in [2.24, 2.45) is 0 Å². The highest BCUT2D eigenvalue weighted by atomic mass is 16.1. The quantitative estimate of drug-likeness (QED) is 0.817. The Morgan fingerprint density at radius 1 is 1.37 bits per heavy atom. The van der Waals surface area contributed by atoms with E-state index in [0.29, 0.717) is 18.6 Å². The average molecular weight is 254 g/mol. The third-order valence-electron chi connectivity index (χ3n) is 3.83. The Hall–Kier alpha value is -1.90. The lowest BCUT2D eigenvalue weighted by molar-refractivity contribution is -0.119. The molecule has 1 aromatic heterocycles. The lowest BCUT2D eigenvalue weighted by Gasteiger charge is -2.13. The maximum atomic E-state index is 12.1. The van der Waals surface area contributed by atoms with Crippen molar-refractivity contribution < 1.29 is 4.79 Å². The Morgan fingerprint density at radius 3 is 3.05 bits per heavy atom. The van der Waals surface area contributed by atoms with Crippen LogP contribution in [0.4, 0.5) is 0 Å². The van der Waals surface area contributed by atoms with E-state index in [-0.39, 0.29) is 6.04 Å². The molecule has 3 rings (SSSR count). The van der Waals surface area contributed by atoms with Gasteiger partial charge < -0.3 is 4.57 Å². The van der Waals surface area contributed by atoms with Gasteiger partial charge in [-0.15, -0.1) is 0 Å². The van der Waals surface area contributed by atoms with Gasteiger partial charge in [0.15, 0.2) is 0 Å². The van der Waals surface area contributed by atoms with Crippen LogP contribution in [0, 0.1) is 0 Å².